The van der Waals surface area contributed by atoms with Crippen LogP contribution in [0.4, 0.5) is 0 Å². The van der Waals surface area contributed by atoms with Crippen molar-refractivity contribution in [3.8, 4) is 43.7 Å². The van der Waals surface area contributed by atoms with Crippen LogP contribution in [0.3, 0.4) is 0 Å². The van der Waals surface area contributed by atoms with Crippen molar-refractivity contribution in [2.24, 2.45) is 0 Å². The molecule has 280 valence electrons. The van der Waals surface area contributed by atoms with Gasteiger partial charge in [0.2, 0.25) is 0 Å². The summed E-state index contributed by atoms with van der Waals surface area (Å²) < 4.78 is 2.26. The molecule has 0 aliphatic rings. The van der Waals surface area contributed by atoms with Gasteiger partial charge in [-0.15, -0.1) is 131 Å². The number of aromatic nitrogens is 4. The van der Waals surface area contributed by atoms with Gasteiger partial charge in [0.05, 0.1) is 32.4 Å². The zero-order chi connectivity index (χ0) is 37.3. The fraction of sp³-hybridized carbons (Fsp3) is 0. The van der Waals surface area contributed by atoms with Crippen LogP contribution in [0, 0.1) is 24.3 Å². The summed E-state index contributed by atoms with van der Waals surface area (Å²) in [4.78, 5) is 20.7. The van der Waals surface area contributed by atoms with Crippen LogP contribution >= 0.6 is 22.7 Å². The smallest absolute Gasteiger partial charge is 0.297 e. The molecule has 0 bridgehead atoms. The molecule has 0 atom stereocenters. The number of hydrogen-bond acceptors (Lipinski definition) is 6. The quantitative estimate of drug-likeness (QED) is 0.142. The van der Waals surface area contributed by atoms with Crippen molar-refractivity contribution in [2.45, 2.75) is 0 Å². The van der Waals surface area contributed by atoms with Gasteiger partial charge in [0.15, 0.2) is 0 Å². The molecule has 0 amide bonds. The number of nitrogens with zero attached hydrogens (tertiary/aromatic N) is 4. The predicted octanol–water partition coefficient (Wildman–Crippen LogP) is 12.6. The minimum Gasteiger partial charge on any atom is -0.297 e. The molecule has 0 aliphatic heterocycles. The maximum absolute atomic E-state index is 5.33. The van der Waals surface area contributed by atoms with Gasteiger partial charge in [-0.05, 0) is 53.4 Å². The number of pyridine rings is 2. The van der Waals surface area contributed by atoms with Gasteiger partial charge in [-0.2, -0.15) is 22.7 Å². The second-order valence-corrected chi connectivity index (χ2v) is 15.1. The molecule has 0 aliphatic carbocycles. The standard InChI is InChI=1S/C50H28N4S2.2Pt/c1-3-15-33(16-4-1)39-25-13-27-43(51-39)48(44-28-14-26-40(52-44)34-17-5-2-6-18-34)47(35-19-11-21-37(31-35)49-53-41-23-7-9-29-45(41)55-49)36-20-12-22-38(32-36)50-54-42-24-8-10-30-46(42)56-50;;/h1-15,17,19-30H;;/q-4;2*+2. The van der Waals surface area contributed by atoms with Gasteiger partial charge in [0.1, 0.15) is 0 Å². The summed E-state index contributed by atoms with van der Waals surface area (Å²) in [6.45, 7) is 0. The Bertz CT molecular complexity index is 2780. The average molecular weight is 1140 g/mol. The Labute approximate surface area is 373 Å². The molecule has 4 heterocycles. The minimum absolute atomic E-state index is 0. The van der Waals surface area contributed by atoms with Crippen LogP contribution in [0.1, 0.15) is 22.5 Å². The van der Waals surface area contributed by atoms with Crippen molar-refractivity contribution in [3.63, 3.8) is 0 Å². The van der Waals surface area contributed by atoms with Gasteiger partial charge in [-0.3, -0.25) is 19.9 Å². The van der Waals surface area contributed by atoms with E-state index in [0.717, 1.165) is 97.8 Å². The van der Waals surface area contributed by atoms with E-state index in [-0.39, 0.29) is 42.1 Å². The van der Waals surface area contributed by atoms with E-state index >= 15 is 0 Å². The molecule has 4 nitrogen and oxygen atoms in total. The largest absolute Gasteiger partial charge is 2.00 e. The minimum atomic E-state index is 0. The number of benzene rings is 6. The Hall–Kier alpha value is -5.48. The van der Waals surface area contributed by atoms with Crippen LogP contribution in [-0.4, -0.2) is 19.9 Å². The van der Waals surface area contributed by atoms with Gasteiger partial charge in [0, 0.05) is 9.40 Å². The van der Waals surface area contributed by atoms with Crippen LogP contribution < -0.4 is 0 Å². The van der Waals surface area contributed by atoms with Gasteiger partial charge in [-0.1, -0.05) is 65.2 Å². The Morgan fingerprint density at radius 1 is 0.379 bits per heavy atom. The number of rotatable bonds is 8. The zero-order valence-corrected chi connectivity index (χ0v) is 36.6. The molecule has 0 N–H and O–H groups in total. The first-order valence-electron chi connectivity index (χ1n) is 18.1. The summed E-state index contributed by atoms with van der Waals surface area (Å²) in [6, 6.07) is 71.4. The summed E-state index contributed by atoms with van der Waals surface area (Å²) in [5.41, 5.74) is 12.2. The zero-order valence-electron chi connectivity index (χ0n) is 30.4. The second-order valence-electron chi connectivity index (χ2n) is 13.0. The molecule has 0 radical (unpaired) electrons. The van der Waals surface area contributed by atoms with E-state index in [1.54, 1.807) is 22.7 Å². The molecule has 0 spiro atoms. The second kappa shape index (κ2) is 17.6. The molecule has 0 saturated carbocycles. The van der Waals surface area contributed by atoms with Gasteiger partial charge < -0.3 is 0 Å². The maximum atomic E-state index is 5.33. The van der Waals surface area contributed by atoms with E-state index in [2.05, 4.69) is 109 Å². The monoisotopic (exact) mass is 1140 g/mol. The summed E-state index contributed by atoms with van der Waals surface area (Å²) >= 11 is 3.33. The van der Waals surface area contributed by atoms with E-state index in [4.69, 9.17) is 19.9 Å². The van der Waals surface area contributed by atoms with Crippen LogP contribution in [0.15, 0.2) is 170 Å². The predicted molar refractivity (Wildman–Crippen MR) is 230 cm³/mol. The molecule has 0 unspecified atom stereocenters. The molecular formula is C50H28N4Pt2S2. The van der Waals surface area contributed by atoms with E-state index in [1.807, 2.05) is 84.9 Å². The topological polar surface area (TPSA) is 51.6 Å². The normalized spacial score (nSPS) is 10.8. The number of para-hydroxylation sites is 2. The van der Waals surface area contributed by atoms with Gasteiger partial charge >= 0.3 is 42.1 Å². The van der Waals surface area contributed by atoms with Crippen LogP contribution in [0.25, 0.3) is 75.2 Å². The van der Waals surface area contributed by atoms with Crippen molar-refractivity contribution in [2.75, 3.05) is 0 Å². The average Bonchev–Trinajstić information content (AvgIpc) is 3.92. The van der Waals surface area contributed by atoms with E-state index in [1.165, 1.54) is 0 Å². The molecule has 8 heteroatoms. The summed E-state index contributed by atoms with van der Waals surface area (Å²) in [5.74, 6) is 0. The van der Waals surface area contributed by atoms with Crippen LogP contribution in [-0.2, 0) is 42.1 Å². The summed E-state index contributed by atoms with van der Waals surface area (Å²) in [5, 5.41) is 1.81. The number of fused-ring (bicyclic) bond motifs is 2. The van der Waals surface area contributed by atoms with Crippen LogP contribution in [0.5, 0.6) is 0 Å². The Morgan fingerprint density at radius 3 is 1.26 bits per heavy atom. The first-order chi connectivity index (χ1) is 27.7. The molecule has 0 saturated heterocycles. The van der Waals surface area contributed by atoms with Crippen molar-refractivity contribution < 1.29 is 42.1 Å². The summed E-state index contributed by atoms with van der Waals surface area (Å²) in [6.07, 6.45) is 0. The molecule has 58 heavy (non-hydrogen) atoms. The van der Waals surface area contributed by atoms with E-state index < -0.39 is 0 Å². The summed E-state index contributed by atoms with van der Waals surface area (Å²) in [7, 11) is 0. The Morgan fingerprint density at radius 2 is 0.810 bits per heavy atom. The van der Waals surface area contributed by atoms with Crippen molar-refractivity contribution in [1.82, 2.24) is 19.9 Å². The maximum Gasteiger partial charge on any atom is 2.00 e. The Kier molecular flexibility index (Phi) is 11.9. The first-order valence-corrected chi connectivity index (χ1v) is 19.8. The third-order valence-corrected chi connectivity index (χ3v) is 11.5. The van der Waals surface area contributed by atoms with Crippen molar-refractivity contribution in [3.05, 3.63) is 217 Å². The van der Waals surface area contributed by atoms with Crippen LogP contribution in [0.2, 0.25) is 0 Å². The van der Waals surface area contributed by atoms with E-state index in [0.29, 0.717) is 0 Å². The van der Waals surface area contributed by atoms with Crippen molar-refractivity contribution in [1.29, 1.82) is 0 Å². The molecule has 4 aromatic heterocycles. The third-order valence-electron chi connectivity index (χ3n) is 9.41. The fourth-order valence-electron chi connectivity index (χ4n) is 6.81. The molecular weight excluding hydrogens is 1110 g/mol. The molecule has 0 fully saturated rings. The molecule has 10 aromatic rings. The number of hydrogen-bond donors (Lipinski definition) is 0. The molecule has 6 aromatic carbocycles. The van der Waals surface area contributed by atoms with E-state index in [9.17, 15) is 0 Å². The van der Waals surface area contributed by atoms with Crippen molar-refractivity contribution >= 4 is 54.3 Å². The fourth-order valence-corrected chi connectivity index (χ4v) is 8.70. The Balaban J connectivity index is 0.00000235. The first kappa shape index (κ1) is 39.3. The SMILES string of the molecule is [Pt+2].[Pt+2].[c-]1ccccc1-c1cccc(C(=C(c2[c-]c(-c3nc4ccccc4s3)ccc2)c2[c-]c(-c3nc4ccccc4s3)ccc2)c2cccc(-c3[c-]cccc3)n2)n1. The number of thiazole rings is 2. The third kappa shape index (κ3) is 7.99. The van der Waals surface area contributed by atoms with Gasteiger partial charge in [0.25, 0.3) is 0 Å². The molecule has 10 rings (SSSR count). The van der Waals surface area contributed by atoms with Gasteiger partial charge in [-0.25, -0.2) is 0 Å².